The van der Waals surface area contributed by atoms with Gasteiger partial charge in [0.25, 0.3) is 0 Å². The lowest BCUT2D eigenvalue weighted by Gasteiger charge is -2.39. The minimum Gasteiger partial charge on any atom is -0.494 e. The highest BCUT2D eigenvalue weighted by Crippen LogP contribution is 2.46. The third-order valence-corrected chi connectivity index (χ3v) is 5.16. The SMILES string of the molecule is CCCOC1=CCC(C2CCC(CC(F)F)(C(=O)O)CC2)C=C1. The van der Waals surface area contributed by atoms with Crippen molar-refractivity contribution in [1.82, 2.24) is 0 Å². The standard InChI is InChI=1S/C18H26F2O3/c1-2-11-23-15-5-3-13(4-6-15)14-7-9-18(10-8-14,17(21)22)12-16(19)20/h3,5-6,13-14,16H,2,4,7-12H2,1H3,(H,21,22). The van der Waals surface area contributed by atoms with Crippen molar-refractivity contribution in [2.75, 3.05) is 6.61 Å². The monoisotopic (exact) mass is 328 g/mol. The van der Waals surface area contributed by atoms with Crippen molar-refractivity contribution in [2.24, 2.45) is 17.3 Å². The van der Waals surface area contributed by atoms with Crippen LogP contribution in [0.5, 0.6) is 0 Å². The van der Waals surface area contributed by atoms with Crippen LogP contribution in [0.2, 0.25) is 0 Å². The van der Waals surface area contributed by atoms with E-state index in [0.717, 1.165) is 18.6 Å². The lowest BCUT2D eigenvalue weighted by atomic mass is 9.65. The maximum absolute atomic E-state index is 12.7. The van der Waals surface area contributed by atoms with Crippen molar-refractivity contribution in [2.45, 2.75) is 58.3 Å². The highest BCUT2D eigenvalue weighted by molar-refractivity contribution is 5.74. The zero-order valence-corrected chi connectivity index (χ0v) is 13.6. The number of aliphatic carboxylic acids is 1. The van der Waals surface area contributed by atoms with E-state index in [-0.39, 0.29) is 0 Å². The second-order valence-electron chi connectivity index (χ2n) is 6.73. The molecule has 0 aromatic heterocycles. The second-order valence-corrected chi connectivity index (χ2v) is 6.73. The summed E-state index contributed by atoms with van der Waals surface area (Å²) < 4.78 is 31.0. The Morgan fingerprint density at radius 1 is 1.43 bits per heavy atom. The van der Waals surface area contributed by atoms with E-state index in [1.165, 1.54) is 0 Å². The molecule has 3 nitrogen and oxygen atoms in total. The molecule has 0 bridgehead atoms. The van der Waals surface area contributed by atoms with Gasteiger partial charge >= 0.3 is 5.97 Å². The van der Waals surface area contributed by atoms with Crippen molar-refractivity contribution >= 4 is 5.97 Å². The largest absolute Gasteiger partial charge is 0.494 e. The number of carboxylic acid groups (broad SMARTS) is 1. The van der Waals surface area contributed by atoms with Crippen molar-refractivity contribution in [3.8, 4) is 0 Å². The molecular formula is C18H26F2O3. The summed E-state index contributed by atoms with van der Waals surface area (Å²) >= 11 is 0. The van der Waals surface area contributed by atoms with Crippen LogP contribution in [0.25, 0.3) is 0 Å². The summed E-state index contributed by atoms with van der Waals surface area (Å²) in [5.74, 6) is 0.574. The zero-order chi connectivity index (χ0) is 16.9. The predicted molar refractivity (Wildman–Crippen MR) is 84.2 cm³/mol. The second kappa shape index (κ2) is 7.93. The third-order valence-electron chi connectivity index (χ3n) is 5.16. The molecule has 0 aliphatic heterocycles. The van der Waals surface area contributed by atoms with Crippen molar-refractivity contribution in [1.29, 1.82) is 0 Å². The molecule has 0 radical (unpaired) electrons. The molecule has 5 heteroatoms. The van der Waals surface area contributed by atoms with Gasteiger partial charge in [-0.3, -0.25) is 4.79 Å². The third kappa shape index (κ3) is 4.55. The molecule has 0 aromatic rings. The first-order valence-corrected chi connectivity index (χ1v) is 8.49. The van der Waals surface area contributed by atoms with Gasteiger partial charge in [0.2, 0.25) is 6.43 Å². The Morgan fingerprint density at radius 3 is 2.61 bits per heavy atom. The first-order chi connectivity index (χ1) is 11.0. The van der Waals surface area contributed by atoms with Gasteiger partial charge in [0, 0.05) is 6.42 Å². The molecular weight excluding hydrogens is 302 g/mol. The van der Waals surface area contributed by atoms with E-state index in [0.29, 0.717) is 44.1 Å². The van der Waals surface area contributed by atoms with Gasteiger partial charge in [0.1, 0.15) is 5.76 Å². The van der Waals surface area contributed by atoms with Gasteiger partial charge < -0.3 is 9.84 Å². The van der Waals surface area contributed by atoms with Crippen LogP contribution >= 0.6 is 0 Å². The Balaban J connectivity index is 1.89. The molecule has 0 aromatic carbocycles. The predicted octanol–water partition coefficient (Wildman–Crippen LogP) is 4.79. The van der Waals surface area contributed by atoms with E-state index in [1.54, 1.807) is 0 Å². The molecule has 23 heavy (non-hydrogen) atoms. The Morgan fingerprint density at radius 2 is 2.13 bits per heavy atom. The van der Waals surface area contributed by atoms with Crippen molar-refractivity contribution < 1.29 is 23.4 Å². The molecule has 1 fully saturated rings. The van der Waals surface area contributed by atoms with E-state index in [1.807, 2.05) is 6.08 Å². The van der Waals surface area contributed by atoms with Crippen molar-refractivity contribution in [3.63, 3.8) is 0 Å². The summed E-state index contributed by atoms with van der Waals surface area (Å²) in [5.41, 5.74) is -1.23. The average molecular weight is 328 g/mol. The van der Waals surface area contributed by atoms with Gasteiger partial charge in [0.15, 0.2) is 0 Å². The molecule has 1 atom stereocenters. The lowest BCUT2D eigenvalue weighted by molar-refractivity contribution is -0.155. The number of hydrogen-bond donors (Lipinski definition) is 1. The summed E-state index contributed by atoms with van der Waals surface area (Å²) in [6.07, 6.45) is 7.09. The van der Waals surface area contributed by atoms with Crippen LogP contribution in [-0.4, -0.2) is 24.1 Å². The Hall–Kier alpha value is -1.39. The van der Waals surface area contributed by atoms with Crippen LogP contribution < -0.4 is 0 Å². The number of ether oxygens (including phenoxy) is 1. The quantitative estimate of drug-likeness (QED) is 0.731. The number of halogens is 2. The summed E-state index contributed by atoms with van der Waals surface area (Å²) in [5, 5.41) is 9.38. The Bertz CT molecular complexity index is 463. The fourth-order valence-electron chi connectivity index (χ4n) is 3.72. The smallest absolute Gasteiger partial charge is 0.309 e. The van der Waals surface area contributed by atoms with Gasteiger partial charge in [-0.1, -0.05) is 13.0 Å². The van der Waals surface area contributed by atoms with Crippen LogP contribution in [0, 0.1) is 17.3 Å². The number of rotatable bonds is 7. The molecule has 2 rings (SSSR count). The maximum atomic E-state index is 12.7. The van der Waals surface area contributed by atoms with E-state index in [9.17, 15) is 18.7 Å². The summed E-state index contributed by atoms with van der Waals surface area (Å²) in [7, 11) is 0. The minimum absolute atomic E-state index is 0.352. The zero-order valence-electron chi connectivity index (χ0n) is 13.6. The van der Waals surface area contributed by atoms with Gasteiger partial charge in [-0.25, -0.2) is 8.78 Å². The Labute approximate surface area is 136 Å². The fraction of sp³-hybridized carbons (Fsp3) is 0.722. The molecule has 0 heterocycles. The van der Waals surface area contributed by atoms with E-state index >= 15 is 0 Å². The molecule has 2 aliphatic rings. The summed E-state index contributed by atoms with van der Waals surface area (Å²) in [6.45, 7) is 2.77. The minimum atomic E-state index is -2.56. The number of allylic oxidation sites excluding steroid dienone is 3. The maximum Gasteiger partial charge on any atom is 0.309 e. The van der Waals surface area contributed by atoms with E-state index in [4.69, 9.17) is 4.74 Å². The first-order valence-electron chi connectivity index (χ1n) is 8.49. The van der Waals surface area contributed by atoms with Gasteiger partial charge in [-0.15, -0.1) is 0 Å². The van der Waals surface area contributed by atoms with E-state index in [2.05, 4.69) is 19.1 Å². The highest BCUT2D eigenvalue weighted by Gasteiger charge is 2.44. The van der Waals surface area contributed by atoms with Gasteiger partial charge in [0.05, 0.1) is 12.0 Å². The Kier molecular flexibility index (Phi) is 6.19. The summed E-state index contributed by atoms with van der Waals surface area (Å²) in [4.78, 5) is 11.5. The van der Waals surface area contributed by atoms with Crippen LogP contribution in [0.1, 0.15) is 51.9 Å². The fourth-order valence-corrected chi connectivity index (χ4v) is 3.72. The molecule has 2 aliphatic carbocycles. The van der Waals surface area contributed by atoms with Crippen LogP contribution in [-0.2, 0) is 9.53 Å². The highest BCUT2D eigenvalue weighted by atomic mass is 19.3. The normalized spacial score (nSPS) is 31.0. The number of carboxylic acids is 1. The molecule has 0 spiro atoms. The number of hydrogen-bond acceptors (Lipinski definition) is 2. The first kappa shape index (κ1) is 18.0. The molecule has 0 saturated heterocycles. The van der Waals surface area contributed by atoms with Crippen LogP contribution in [0.3, 0.4) is 0 Å². The average Bonchev–Trinajstić information content (AvgIpc) is 2.53. The molecule has 1 N–H and O–H groups in total. The van der Waals surface area contributed by atoms with E-state index < -0.39 is 24.2 Å². The summed E-state index contributed by atoms with van der Waals surface area (Å²) in [6, 6.07) is 0. The van der Waals surface area contributed by atoms with Crippen LogP contribution in [0.4, 0.5) is 8.78 Å². The lowest BCUT2D eigenvalue weighted by Crippen LogP contribution is -2.38. The molecule has 1 unspecified atom stereocenters. The topological polar surface area (TPSA) is 46.5 Å². The number of carbonyl (C=O) groups is 1. The van der Waals surface area contributed by atoms with Gasteiger partial charge in [-0.2, -0.15) is 0 Å². The molecule has 130 valence electrons. The van der Waals surface area contributed by atoms with Gasteiger partial charge in [-0.05, 0) is 62.5 Å². The molecule has 0 amide bonds. The molecule has 1 saturated carbocycles. The number of alkyl halides is 2. The van der Waals surface area contributed by atoms with Crippen LogP contribution in [0.15, 0.2) is 24.0 Å². The van der Waals surface area contributed by atoms with Crippen molar-refractivity contribution in [3.05, 3.63) is 24.0 Å².